The summed E-state index contributed by atoms with van der Waals surface area (Å²) in [6.07, 6.45) is 2.99. The van der Waals surface area contributed by atoms with Gasteiger partial charge in [0.1, 0.15) is 5.82 Å². The number of ether oxygens (including phenoxy) is 1. The molecule has 3 heteroatoms. The van der Waals surface area contributed by atoms with Crippen molar-refractivity contribution in [2.45, 2.75) is 26.4 Å². The topological polar surface area (TPSA) is 35.0 Å². The molecule has 1 aliphatic heterocycles. The summed E-state index contributed by atoms with van der Waals surface area (Å²) in [5.41, 5.74) is 2.30. The van der Waals surface area contributed by atoms with E-state index in [4.69, 9.17) is 4.74 Å². The second-order valence-electron chi connectivity index (χ2n) is 3.09. The van der Waals surface area contributed by atoms with Crippen LogP contribution in [0.3, 0.4) is 0 Å². The van der Waals surface area contributed by atoms with Crippen LogP contribution in [0.5, 0.6) is 0 Å². The molecular formula is C9H12N2O. The maximum atomic E-state index is 5.47. The van der Waals surface area contributed by atoms with E-state index in [1.807, 2.05) is 20.0 Å². The molecule has 0 fully saturated rings. The zero-order valence-electron chi connectivity index (χ0n) is 7.37. The molecule has 2 rings (SSSR count). The van der Waals surface area contributed by atoms with Gasteiger partial charge in [-0.15, -0.1) is 0 Å². The van der Waals surface area contributed by atoms with E-state index >= 15 is 0 Å². The van der Waals surface area contributed by atoms with E-state index in [9.17, 15) is 0 Å². The van der Waals surface area contributed by atoms with Crippen LogP contribution in [0.2, 0.25) is 0 Å². The molecule has 1 aromatic heterocycles. The summed E-state index contributed by atoms with van der Waals surface area (Å²) in [6.45, 7) is 4.73. The molecule has 1 aliphatic rings. The van der Waals surface area contributed by atoms with Gasteiger partial charge in [0.25, 0.3) is 0 Å². The predicted octanol–water partition coefficient (Wildman–Crippen LogP) is 1.42. The van der Waals surface area contributed by atoms with Gasteiger partial charge in [0.15, 0.2) is 0 Å². The minimum atomic E-state index is 0.135. The summed E-state index contributed by atoms with van der Waals surface area (Å²) in [6, 6.07) is 0. The van der Waals surface area contributed by atoms with Gasteiger partial charge in [0, 0.05) is 6.20 Å². The third-order valence-corrected chi connectivity index (χ3v) is 2.14. The quantitative estimate of drug-likeness (QED) is 0.581. The van der Waals surface area contributed by atoms with Crippen molar-refractivity contribution in [1.82, 2.24) is 9.97 Å². The minimum Gasteiger partial charge on any atom is -0.372 e. The molecule has 1 atom stereocenters. The lowest BCUT2D eigenvalue weighted by molar-refractivity contribution is 0.0516. The summed E-state index contributed by atoms with van der Waals surface area (Å²) < 4.78 is 5.47. The Balaban J connectivity index is 2.47. The lowest BCUT2D eigenvalue weighted by Crippen LogP contribution is -2.16. The Morgan fingerprint density at radius 2 is 2.42 bits per heavy atom. The van der Waals surface area contributed by atoms with Crippen molar-refractivity contribution < 1.29 is 4.74 Å². The van der Waals surface area contributed by atoms with Crippen molar-refractivity contribution >= 4 is 0 Å². The minimum absolute atomic E-state index is 0.135. The molecule has 12 heavy (non-hydrogen) atoms. The molecule has 0 aliphatic carbocycles. The molecule has 0 radical (unpaired) electrons. The van der Waals surface area contributed by atoms with Crippen LogP contribution in [0.25, 0.3) is 0 Å². The van der Waals surface area contributed by atoms with Crippen molar-refractivity contribution in [3.63, 3.8) is 0 Å². The molecule has 0 saturated carbocycles. The van der Waals surface area contributed by atoms with Crippen LogP contribution in [-0.4, -0.2) is 16.6 Å². The fourth-order valence-electron chi connectivity index (χ4n) is 1.48. The summed E-state index contributed by atoms with van der Waals surface area (Å²) in [5, 5.41) is 0. The Hall–Kier alpha value is -0.960. The van der Waals surface area contributed by atoms with Crippen molar-refractivity contribution in [2.75, 3.05) is 6.61 Å². The highest BCUT2D eigenvalue weighted by atomic mass is 16.5. The van der Waals surface area contributed by atoms with Gasteiger partial charge in [-0.25, -0.2) is 9.97 Å². The van der Waals surface area contributed by atoms with E-state index in [1.54, 1.807) is 0 Å². The standard InChI is InChI=1S/C9H12N2O/c1-6-9-8(3-4-12-6)5-10-7(2)11-9/h5-6H,3-4H2,1-2H3. The Kier molecular flexibility index (Phi) is 1.81. The molecule has 0 saturated heterocycles. The van der Waals surface area contributed by atoms with Gasteiger partial charge in [0.05, 0.1) is 18.4 Å². The van der Waals surface area contributed by atoms with E-state index in [0.29, 0.717) is 0 Å². The third-order valence-electron chi connectivity index (χ3n) is 2.14. The molecule has 0 N–H and O–H groups in total. The Morgan fingerprint density at radius 1 is 1.58 bits per heavy atom. The van der Waals surface area contributed by atoms with E-state index in [0.717, 1.165) is 24.5 Å². The molecule has 0 aromatic carbocycles. The first kappa shape index (κ1) is 7.68. The summed E-state index contributed by atoms with van der Waals surface area (Å²) in [7, 11) is 0. The predicted molar refractivity (Wildman–Crippen MR) is 44.8 cm³/mol. The zero-order valence-corrected chi connectivity index (χ0v) is 7.37. The highest BCUT2D eigenvalue weighted by molar-refractivity contribution is 5.21. The first-order valence-electron chi connectivity index (χ1n) is 4.21. The van der Waals surface area contributed by atoms with E-state index < -0.39 is 0 Å². The van der Waals surface area contributed by atoms with Crippen molar-refractivity contribution in [3.05, 3.63) is 23.3 Å². The number of hydrogen-bond donors (Lipinski definition) is 0. The number of aromatic nitrogens is 2. The molecule has 64 valence electrons. The first-order valence-corrected chi connectivity index (χ1v) is 4.21. The Bertz CT molecular complexity index is 299. The van der Waals surface area contributed by atoms with E-state index in [-0.39, 0.29) is 6.10 Å². The van der Waals surface area contributed by atoms with Gasteiger partial charge >= 0.3 is 0 Å². The van der Waals surface area contributed by atoms with Gasteiger partial charge < -0.3 is 4.74 Å². The SMILES string of the molecule is Cc1ncc2c(n1)C(C)OCC2. The van der Waals surface area contributed by atoms with Gasteiger partial charge in [0.2, 0.25) is 0 Å². The lowest BCUT2D eigenvalue weighted by Gasteiger charge is -2.21. The summed E-state index contributed by atoms with van der Waals surface area (Å²) in [4.78, 5) is 8.52. The van der Waals surface area contributed by atoms with Gasteiger partial charge in [-0.05, 0) is 25.8 Å². The van der Waals surface area contributed by atoms with Crippen LogP contribution in [-0.2, 0) is 11.2 Å². The molecule has 1 unspecified atom stereocenters. The summed E-state index contributed by atoms with van der Waals surface area (Å²) >= 11 is 0. The number of fused-ring (bicyclic) bond motifs is 1. The molecule has 3 nitrogen and oxygen atoms in total. The van der Waals surface area contributed by atoms with Crippen LogP contribution >= 0.6 is 0 Å². The highest BCUT2D eigenvalue weighted by Gasteiger charge is 2.18. The number of rotatable bonds is 0. The monoisotopic (exact) mass is 164 g/mol. The number of hydrogen-bond acceptors (Lipinski definition) is 3. The molecule has 2 heterocycles. The van der Waals surface area contributed by atoms with Crippen LogP contribution in [0.15, 0.2) is 6.20 Å². The third kappa shape index (κ3) is 1.20. The smallest absolute Gasteiger partial charge is 0.125 e. The average Bonchev–Trinajstić information content (AvgIpc) is 2.07. The fraction of sp³-hybridized carbons (Fsp3) is 0.556. The molecule has 0 spiro atoms. The van der Waals surface area contributed by atoms with E-state index in [2.05, 4.69) is 9.97 Å². The fourth-order valence-corrected chi connectivity index (χ4v) is 1.48. The van der Waals surface area contributed by atoms with E-state index in [1.165, 1.54) is 5.56 Å². The van der Waals surface area contributed by atoms with Crippen LogP contribution in [0.1, 0.15) is 30.1 Å². The van der Waals surface area contributed by atoms with Gasteiger partial charge in [-0.2, -0.15) is 0 Å². The largest absolute Gasteiger partial charge is 0.372 e. The molecule has 0 amide bonds. The zero-order chi connectivity index (χ0) is 8.55. The van der Waals surface area contributed by atoms with Crippen molar-refractivity contribution in [1.29, 1.82) is 0 Å². The van der Waals surface area contributed by atoms with Crippen molar-refractivity contribution in [2.24, 2.45) is 0 Å². The lowest BCUT2D eigenvalue weighted by atomic mass is 10.1. The highest BCUT2D eigenvalue weighted by Crippen LogP contribution is 2.23. The molecular weight excluding hydrogens is 152 g/mol. The maximum absolute atomic E-state index is 5.47. The van der Waals surface area contributed by atoms with Gasteiger partial charge in [-0.3, -0.25) is 0 Å². The Morgan fingerprint density at radius 3 is 3.25 bits per heavy atom. The van der Waals surface area contributed by atoms with Crippen LogP contribution < -0.4 is 0 Å². The normalized spacial score (nSPS) is 22.0. The maximum Gasteiger partial charge on any atom is 0.125 e. The molecule has 1 aromatic rings. The first-order chi connectivity index (χ1) is 5.77. The average molecular weight is 164 g/mol. The number of nitrogens with zero attached hydrogens (tertiary/aromatic N) is 2. The van der Waals surface area contributed by atoms with Gasteiger partial charge in [-0.1, -0.05) is 0 Å². The van der Waals surface area contributed by atoms with Crippen molar-refractivity contribution in [3.8, 4) is 0 Å². The second kappa shape index (κ2) is 2.83. The number of aryl methyl sites for hydroxylation is 1. The Labute approximate surface area is 71.8 Å². The van der Waals surface area contributed by atoms with Crippen LogP contribution in [0, 0.1) is 6.92 Å². The molecule has 0 bridgehead atoms. The second-order valence-corrected chi connectivity index (χ2v) is 3.09. The summed E-state index contributed by atoms with van der Waals surface area (Å²) in [5.74, 6) is 0.825. The van der Waals surface area contributed by atoms with Crippen LogP contribution in [0.4, 0.5) is 0 Å².